The molecule has 1 fully saturated rings. The van der Waals surface area contributed by atoms with Crippen molar-refractivity contribution >= 4 is 12.1 Å². The second-order valence-electron chi connectivity index (χ2n) is 5.16. The van der Waals surface area contributed by atoms with Gasteiger partial charge >= 0.3 is 12.1 Å². The van der Waals surface area contributed by atoms with Crippen LogP contribution in [0.5, 0.6) is 0 Å². The van der Waals surface area contributed by atoms with Crippen LogP contribution >= 0.6 is 0 Å². The highest BCUT2D eigenvalue weighted by Crippen LogP contribution is 2.26. The first-order valence-corrected chi connectivity index (χ1v) is 5.61. The van der Waals surface area contributed by atoms with Crippen LogP contribution in [-0.4, -0.2) is 51.5 Å². The van der Waals surface area contributed by atoms with Crippen molar-refractivity contribution in [3.05, 3.63) is 0 Å². The van der Waals surface area contributed by atoms with E-state index >= 15 is 0 Å². The number of likely N-dealkylation sites (tertiary alicyclic amines) is 1. The van der Waals surface area contributed by atoms with Crippen molar-refractivity contribution in [2.75, 3.05) is 6.61 Å². The molecule has 98 valence electrons. The van der Waals surface area contributed by atoms with Gasteiger partial charge in [-0.05, 0) is 33.6 Å². The van der Waals surface area contributed by atoms with Gasteiger partial charge in [-0.3, -0.25) is 4.90 Å². The maximum absolute atomic E-state index is 11.9. The molecule has 0 bridgehead atoms. The molecule has 1 saturated heterocycles. The van der Waals surface area contributed by atoms with Crippen LogP contribution in [0.4, 0.5) is 4.79 Å². The average Bonchev–Trinajstić information content (AvgIpc) is 2.57. The SMILES string of the molecule is CC(C)(C)OC(=O)N1[C@H](CO)CC[C@H]1C(=O)O. The third kappa shape index (κ3) is 3.33. The number of rotatable bonds is 2. The molecule has 1 amide bonds. The lowest BCUT2D eigenvalue weighted by Crippen LogP contribution is -2.48. The summed E-state index contributed by atoms with van der Waals surface area (Å²) < 4.78 is 5.15. The Bertz CT molecular complexity index is 309. The van der Waals surface area contributed by atoms with Crippen LogP contribution in [-0.2, 0) is 9.53 Å². The van der Waals surface area contributed by atoms with Gasteiger partial charge < -0.3 is 14.9 Å². The molecular formula is C11H19NO5. The zero-order valence-electron chi connectivity index (χ0n) is 10.3. The standard InChI is InChI=1S/C11H19NO5/c1-11(2,3)17-10(16)12-7(6-13)4-5-8(12)9(14)15/h7-8,13H,4-6H2,1-3H3,(H,14,15)/t7-,8-/m0/s1. The van der Waals surface area contributed by atoms with Gasteiger partial charge in [-0.15, -0.1) is 0 Å². The van der Waals surface area contributed by atoms with Crippen molar-refractivity contribution in [1.29, 1.82) is 0 Å². The number of carbonyl (C=O) groups excluding carboxylic acids is 1. The van der Waals surface area contributed by atoms with Gasteiger partial charge in [-0.1, -0.05) is 0 Å². The average molecular weight is 245 g/mol. The Hall–Kier alpha value is -1.30. The summed E-state index contributed by atoms with van der Waals surface area (Å²) >= 11 is 0. The van der Waals surface area contributed by atoms with Crippen molar-refractivity contribution in [2.45, 2.75) is 51.3 Å². The summed E-state index contributed by atoms with van der Waals surface area (Å²) in [6.45, 7) is 4.89. The van der Waals surface area contributed by atoms with Crippen molar-refractivity contribution in [3.8, 4) is 0 Å². The van der Waals surface area contributed by atoms with Gasteiger partial charge in [0.15, 0.2) is 0 Å². The summed E-state index contributed by atoms with van der Waals surface area (Å²) in [7, 11) is 0. The van der Waals surface area contributed by atoms with Gasteiger partial charge in [0.2, 0.25) is 0 Å². The van der Waals surface area contributed by atoms with Crippen molar-refractivity contribution in [2.24, 2.45) is 0 Å². The minimum absolute atomic E-state index is 0.247. The molecule has 6 heteroatoms. The van der Waals surface area contributed by atoms with Crippen LogP contribution in [0, 0.1) is 0 Å². The van der Waals surface area contributed by atoms with E-state index in [9.17, 15) is 9.59 Å². The zero-order valence-corrected chi connectivity index (χ0v) is 10.3. The molecular weight excluding hydrogens is 226 g/mol. The molecule has 0 aromatic heterocycles. The maximum atomic E-state index is 11.9. The molecule has 0 saturated carbocycles. The maximum Gasteiger partial charge on any atom is 0.411 e. The molecule has 0 aliphatic carbocycles. The lowest BCUT2D eigenvalue weighted by molar-refractivity contribution is -0.142. The third-order valence-corrected chi connectivity index (χ3v) is 2.60. The largest absolute Gasteiger partial charge is 0.480 e. The zero-order chi connectivity index (χ0) is 13.2. The molecule has 0 spiro atoms. The molecule has 1 rings (SSSR count). The summed E-state index contributed by atoms with van der Waals surface area (Å²) in [5.74, 6) is -1.06. The Balaban J connectivity index is 2.82. The second kappa shape index (κ2) is 4.91. The fourth-order valence-corrected chi connectivity index (χ4v) is 1.90. The first-order valence-electron chi connectivity index (χ1n) is 5.61. The number of amides is 1. The number of ether oxygens (including phenoxy) is 1. The minimum Gasteiger partial charge on any atom is -0.480 e. The second-order valence-corrected chi connectivity index (χ2v) is 5.16. The lowest BCUT2D eigenvalue weighted by atomic mass is 10.2. The first kappa shape index (κ1) is 13.8. The van der Waals surface area contributed by atoms with E-state index in [0.29, 0.717) is 12.8 Å². The Kier molecular flexibility index (Phi) is 3.98. The van der Waals surface area contributed by atoms with E-state index < -0.39 is 29.7 Å². The Morgan fingerprint density at radius 2 is 1.94 bits per heavy atom. The Morgan fingerprint density at radius 1 is 1.35 bits per heavy atom. The van der Waals surface area contributed by atoms with Crippen LogP contribution in [0.3, 0.4) is 0 Å². The number of carboxylic acids is 1. The number of hydrogen-bond donors (Lipinski definition) is 2. The molecule has 1 heterocycles. The topological polar surface area (TPSA) is 87.1 Å². The minimum atomic E-state index is -1.06. The van der Waals surface area contributed by atoms with Gasteiger partial charge in [0, 0.05) is 0 Å². The van der Waals surface area contributed by atoms with Crippen molar-refractivity contribution < 1.29 is 24.5 Å². The van der Waals surface area contributed by atoms with Crippen LogP contribution in [0.15, 0.2) is 0 Å². The van der Waals surface area contributed by atoms with Crippen molar-refractivity contribution in [3.63, 3.8) is 0 Å². The summed E-state index contributed by atoms with van der Waals surface area (Å²) in [6.07, 6.45) is 0.147. The number of hydrogen-bond acceptors (Lipinski definition) is 4. The highest BCUT2D eigenvalue weighted by molar-refractivity contribution is 5.81. The van der Waals surface area contributed by atoms with E-state index in [0.717, 1.165) is 4.90 Å². The van der Waals surface area contributed by atoms with Crippen molar-refractivity contribution in [1.82, 2.24) is 4.90 Å². The molecule has 0 aromatic carbocycles. The van der Waals surface area contributed by atoms with Crippen LogP contribution in [0.2, 0.25) is 0 Å². The number of nitrogens with zero attached hydrogens (tertiary/aromatic N) is 1. The fraction of sp³-hybridized carbons (Fsp3) is 0.818. The molecule has 6 nitrogen and oxygen atoms in total. The summed E-state index contributed by atoms with van der Waals surface area (Å²) in [4.78, 5) is 24.0. The van der Waals surface area contributed by atoms with E-state index in [1.54, 1.807) is 20.8 Å². The van der Waals surface area contributed by atoms with Crippen LogP contribution in [0.25, 0.3) is 0 Å². The van der Waals surface area contributed by atoms with E-state index in [2.05, 4.69) is 0 Å². The summed E-state index contributed by atoms with van der Waals surface area (Å²) in [6, 6.07) is -1.37. The molecule has 2 atom stereocenters. The fourth-order valence-electron chi connectivity index (χ4n) is 1.90. The van der Waals surface area contributed by atoms with E-state index in [4.69, 9.17) is 14.9 Å². The van der Waals surface area contributed by atoms with Gasteiger partial charge in [0.05, 0.1) is 12.6 Å². The van der Waals surface area contributed by atoms with Gasteiger partial charge in [-0.25, -0.2) is 9.59 Å². The van der Waals surface area contributed by atoms with E-state index in [-0.39, 0.29) is 6.61 Å². The monoisotopic (exact) mass is 245 g/mol. The van der Waals surface area contributed by atoms with Gasteiger partial charge in [-0.2, -0.15) is 0 Å². The number of aliphatic hydroxyl groups excluding tert-OH is 1. The smallest absolute Gasteiger partial charge is 0.411 e. The highest BCUT2D eigenvalue weighted by Gasteiger charge is 2.42. The number of carbonyl (C=O) groups is 2. The summed E-state index contributed by atoms with van der Waals surface area (Å²) in [5, 5.41) is 18.2. The Labute approximate surface area is 100 Å². The lowest BCUT2D eigenvalue weighted by Gasteiger charge is -2.30. The molecule has 17 heavy (non-hydrogen) atoms. The molecule has 1 aliphatic heterocycles. The van der Waals surface area contributed by atoms with Crippen LogP contribution < -0.4 is 0 Å². The molecule has 0 aromatic rings. The molecule has 0 radical (unpaired) electrons. The quantitative estimate of drug-likeness (QED) is 0.752. The molecule has 1 aliphatic rings. The predicted molar refractivity (Wildman–Crippen MR) is 59.6 cm³/mol. The van der Waals surface area contributed by atoms with E-state index in [1.165, 1.54) is 0 Å². The third-order valence-electron chi connectivity index (χ3n) is 2.60. The van der Waals surface area contributed by atoms with Gasteiger partial charge in [0.1, 0.15) is 11.6 Å². The normalized spacial score (nSPS) is 24.8. The summed E-state index contributed by atoms with van der Waals surface area (Å²) in [5.41, 5.74) is -0.678. The molecule has 2 N–H and O–H groups in total. The molecule has 0 unspecified atom stereocenters. The number of aliphatic hydroxyl groups is 1. The van der Waals surface area contributed by atoms with Gasteiger partial charge in [0.25, 0.3) is 0 Å². The van der Waals surface area contributed by atoms with Crippen LogP contribution in [0.1, 0.15) is 33.6 Å². The number of aliphatic carboxylic acids is 1. The first-order chi connectivity index (χ1) is 7.76. The number of carboxylic acid groups (broad SMARTS) is 1. The van der Waals surface area contributed by atoms with E-state index in [1.807, 2.05) is 0 Å². The Morgan fingerprint density at radius 3 is 2.35 bits per heavy atom. The predicted octanol–water partition coefficient (Wildman–Crippen LogP) is 0.831. The highest BCUT2D eigenvalue weighted by atomic mass is 16.6.